The number of halogens is 3. The Bertz CT molecular complexity index is 798. The summed E-state index contributed by atoms with van der Waals surface area (Å²) < 4.78 is 17.1. The predicted octanol–water partition coefficient (Wildman–Crippen LogP) is 5.12. The van der Waals surface area contributed by atoms with E-state index < -0.39 is 17.9 Å². The van der Waals surface area contributed by atoms with Gasteiger partial charge in [-0.15, -0.1) is 0 Å². The lowest BCUT2D eigenvalue weighted by Crippen LogP contribution is -2.29. The van der Waals surface area contributed by atoms with E-state index in [1.807, 2.05) is 12.1 Å². The summed E-state index contributed by atoms with van der Waals surface area (Å²) in [5.41, 5.74) is 1.84. The Balaban J connectivity index is 1.96. The molecule has 7 heteroatoms. The van der Waals surface area contributed by atoms with Gasteiger partial charge in [0.05, 0.1) is 29.6 Å². The summed E-state index contributed by atoms with van der Waals surface area (Å²) in [6.45, 7) is 0.276. The Hall–Kier alpha value is -1.11. The molecule has 0 unspecified atom stereocenters. The van der Waals surface area contributed by atoms with Gasteiger partial charge in [-0.2, -0.15) is 0 Å². The zero-order valence-corrected chi connectivity index (χ0v) is 16.4. The smallest absolute Gasteiger partial charge is 0.338 e. The zero-order chi connectivity index (χ0) is 18.0. The highest BCUT2D eigenvalue weighted by Crippen LogP contribution is 2.45. The molecule has 25 heavy (non-hydrogen) atoms. The van der Waals surface area contributed by atoms with Crippen molar-refractivity contribution in [3.8, 4) is 0 Å². The average molecular weight is 446 g/mol. The molecule has 0 spiro atoms. The number of rotatable bonds is 4. The fraction of sp³-hybridized carbons (Fsp3) is 0.278. The number of ether oxygens (including phenoxy) is 3. The number of esters is 1. The van der Waals surface area contributed by atoms with E-state index in [1.165, 1.54) is 7.11 Å². The van der Waals surface area contributed by atoms with Crippen LogP contribution in [0.15, 0.2) is 42.5 Å². The molecule has 2 aromatic rings. The fourth-order valence-corrected chi connectivity index (χ4v) is 3.97. The second-order valence-electron chi connectivity index (χ2n) is 5.51. The third-order valence-corrected chi connectivity index (χ3v) is 5.32. The number of alkyl halides is 1. The van der Waals surface area contributed by atoms with Gasteiger partial charge in [-0.3, -0.25) is 0 Å². The predicted molar refractivity (Wildman–Crippen MR) is 99.5 cm³/mol. The molecule has 0 aromatic heterocycles. The Labute approximate surface area is 164 Å². The molecular weight excluding hydrogens is 431 g/mol. The highest BCUT2D eigenvalue weighted by Gasteiger charge is 2.45. The third kappa shape index (κ3) is 3.57. The molecule has 1 aliphatic rings. The van der Waals surface area contributed by atoms with Crippen LogP contribution in [0.3, 0.4) is 0 Å². The number of methoxy groups -OCH3 is 1. The number of hydrogen-bond acceptors (Lipinski definition) is 4. The van der Waals surface area contributed by atoms with Crippen LogP contribution in [0.5, 0.6) is 0 Å². The minimum atomic E-state index is -1.06. The minimum absolute atomic E-state index is 0.276. The van der Waals surface area contributed by atoms with Crippen LogP contribution < -0.4 is 0 Å². The second-order valence-corrected chi connectivity index (χ2v) is 6.91. The zero-order valence-electron chi connectivity index (χ0n) is 13.3. The van der Waals surface area contributed by atoms with Crippen LogP contribution in [0.25, 0.3) is 0 Å². The van der Waals surface area contributed by atoms with Crippen molar-refractivity contribution in [1.29, 1.82) is 0 Å². The summed E-state index contributed by atoms with van der Waals surface area (Å²) in [4.78, 5) is 12.0. The lowest BCUT2D eigenvalue weighted by Gasteiger charge is -2.27. The van der Waals surface area contributed by atoms with Gasteiger partial charge >= 0.3 is 5.97 Å². The van der Waals surface area contributed by atoms with Crippen molar-refractivity contribution in [2.24, 2.45) is 0 Å². The highest BCUT2D eigenvalue weighted by atomic mass is 79.9. The van der Waals surface area contributed by atoms with Crippen molar-refractivity contribution >= 4 is 45.1 Å². The molecule has 0 N–H and O–H groups in total. The minimum Gasteiger partial charge on any atom is -0.465 e. The number of hydrogen-bond donors (Lipinski definition) is 0. The summed E-state index contributed by atoms with van der Waals surface area (Å²) in [6.07, 6.45) is -0.431. The number of benzene rings is 2. The normalized spacial score (nSPS) is 22.8. The Morgan fingerprint density at radius 1 is 1.32 bits per heavy atom. The van der Waals surface area contributed by atoms with Gasteiger partial charge in [0.1, 0.15) is 6.10 Å². The Morgan fingerprint density at radius 3 is 2.76 bits per heavy atom. The summed E-state index contributed by atoms with van der Waals surface area (Å²) in [5, 5.41) is 1.36. The van der Waals surface area contributed by atoms with Crippen LogP contribution >= 0.6 is 39.1 Å². The Kier molecular flexibility index (Phi) is 5.71. The lowest BCUT2D eigenvalue weighted by atomic mass is 10.0. The summed E-state index contributed by atoms with van der Waals surface area (Å²) in [5.74, 6) is -1.48. The van der Waals surface area contributed by atoms with Gasteiger partial charge in [0, 0.05) is 10.6 Å². The molecule has 1 heterocycles. The van der Waals surface area contributed by atoms with Gasteiger partial charge in [-0.05, 0) is 23.8 Å². The maximum absolute atomic E-state index is 12.0. The first-order valence-corrected chi connectivity index (χ1v) is 9.39. The maximum atomic E-state index is 12.0. The molecule has 132 valence electrons. The SMILES string of the molecule is COC(=O)c1ccccc1[C@@H]1CO[C@](CBr)(c2ccc(Cl)cc2Cl)O1. The molecule has 1 fully saturated rings. The largest absolute Gasteiger partial charge is 0.465 e. The van der Waals surface area contributed by atoms with Crippen LogP contribution in [0.4, 0.5) is 0 Å². The molecule has 4 nitrogen and oxygen atoms in total. The molecule has 0 bridgehead atoms. The number of carbonyl (C=O) groups is 1. The molecular formula is C18H15BrCl2O4. The topological polar surface area (TPSA) is 44.8 Å². The van der Waals surface area contributed by atoms with E-state index in [4.69, 9.17) is 37.4 Å². The van der Waals surface area contributed by atoms with Crippen LogP contribution in [-0.2, 0) is 20.0 Å². The van der Waals surface area contributed by atoms with E-state index in [2.05, 4.69) is 15.9 Å². The van der Waals surface area contributed by atoms with Crippen LogP contribution in [0.1, 0.15) is 27.6 Å². The summed E-state index contributed by atoms with van der Waals surface area (Å²) >= 11 is 15.8. The van der Waals surface area contributed by atoms with Crippen molar-refractivity contribution in [2.75, 3.05) is 19.0 Å². The molecule has 3 rings (SSSR count). The van der Waals surface area contributed by atoms with Gasteiger partial charge in [0.25, 0.3) is 0 Å². The third-order valence-electron chi connectivity index (χ3n) is 4.03. The van der Waals surface area contributed by atoms with Gasteiger partial charge in [0.15, 0.2) is 0 Å². The number of carbonyl (C=O) groups excluding carboxylic acids is 1. The highest BCUT2D eigenvalue weighted by molar-refractivity contribution is 9.09. The second kappa shape index (κ2) is 7.64. The first kappa shape index (κ1) is 18.7. The van der Waals surface area contributed by atoms with Crippen molar-refractivity contribution in [2.45, 2.75) is 11.9 Å². The van der Waals surface area contributed by atoms with Crippen molar-refractivity contribution in [1.82, 2.24) is 0 Å². The van der Waals surface area contributed by atoms with E-state index >= 15 is 0 Å². The standard InChI is InChI=1S/C18H15BrCl2O4/c1-23-17(22)13-5-3-2-4-12(13)16-9-24-18(10-19,25-16)14-7-6-11(20)8-15(14)21/h2-8,16H,9-10H2,1H3/t16-,18-/m0/s1. The van der Waals surface area contributed by atoms with E-state index in [0.29, 0.717) is 32.1 Å². The quantitative estimate of drug-likeness (QED) is 0.484. The molecule has 1 saturated heterocycles. The van der Waals surface area contributed by atoms with Gasteiger partial charge < -0.3 is 14.2 Å². The molecule has 0 saturated carbocycles. The van der Waals surface area contributed by atoms with Crippen LogP contribution in [0, 0.1) is 0 Å². The molecule has 0 radical (unpaired) electrons. The van der Waals surface area contributed by atoms with E-state index in [1.54, 1.807) is 30.3 Å². The van der Waals surface area contributed by atoms with Crippen LogP contribution in [0.2, 0.25) is 10.0 Å². The maximum Gasteiger partial charge on any atom is 0.338 e. The molecule has 0 amide bonds. The summed E-state index contributed by atoms with van der Waals surface area (Å²) in [6, 6.07) is 12.3. The molecule has 0 aliphatic carbocycles. The van der Waals surface area contributed by atoms with E-state index in [9.17, 15) is 4.79 Å². The van der Waals surface area contributed by atoms with Gasteiger partial charge in [-0.1, -0.05) is 63.4 Å². The lowest BCUT2D eigenvalue weighted by molar-refractivity contribution is -0.157. The monoisotopic (exact) mass is 444 g/mol. The van der Waals surface area contributed by atoms with Crippen molar-refractivity contribution in [3.05, 3.63) is 69.2 Å². The van der Waals surface area contributed by atoms with Crippen molar-refractivity contribution in [3.63, 3.8) is 0 Å². The van der Waals surface area contributed by atoms with E-state index in [0.717, 1.165) is 0 Å². The Morgan fingerprint density at radius 2 is 2.08 bits per heavy atom. The molecule has 1 aliphatic heterocycles. The first-order valence-electron chi connectivity index (χ1n) is 7.51. The molecule has 2 atom stereocenters. The van der Waals surface area contributed by atoms with Crippen molar-refractivity contribution < 1.29 is 19.0 Å². The van der Waals surface area contributed by atoms with Gasteiger partial charge in [0.2, 0.25) is 5.79 Å². The summed E-state index contributed by atoms with van der Waals surface area (Å²) in [7, 11) is 1.35. The molecule has 2 aromatic carbocycles. The van der Waals surface area contributed by atoms with Gasteiger partial charge in [-0.25, -0.2) is 4.79 Å². The fourth-order valence-electron chi connectivity index (χ4n) is 2.82. The van der Waals surface area contributed by atoms with E-state index in [-0.39, 0.29) is 6.61 Å². The van der Waals surface area contributed by atoms with Crippen LogP contribution in [-0.4, -0.2) is 25.0 Å². The first-order chi connectivity index (χ1) is 12.0. The average Bonchev–Trinajstić information content (AvgIpc) is 3.06.